The third-order valence-electron chi connectivity index (χ3n) is 2.86. The number of rotatable bonds is 2. The van der Waals surface area contributed by atoms with Crippen molar-refractivity contribution in [3.05, 3.63) is 63.7 Å². The van der Waals surface area contributed by atoms with Crippen LogP contribution >= 0.6 is 0 Å². The fraction of sp³-hybridized carbons (Fsp3) is 0.0714. The Balaban J connectivity index is 2.69. The largest absolute Gasteiger partial charge is 0.417 e. The first-order chi connectivity index (χ1) is 9.84. The summed E-state index contributed by atoms with van der Waals surface area (Å²) in [7, 11) is 0. The molecular weight excluding hydrogens is 285 g/mol. The Morgan fingerprint density at radius 3 is 2.33 bits per heavy atom. The molecule has 0 saturated carbocycles. The first kappa shape index (κ1) is 14.5. The van der Waals surface area contributed by atoms with E-state index >= 15 is 0 Å². The number of non-ortho nitro benzene ring substituents is 1. The molecule has 0 atom stereocenters. The summed E-state index contributed by atoms with van der Waals surface area (Å²) in [4.78, 5) is 9.95. The molecule has 2 aromatic rings. The first-order valence-electron chi connectivity index (χ1n) is 5.69. The molecular formula is C14H7F3N2O2. The molecule has 4 nitrogen and oxygen atoms in total. The molecule has 0 aromatic heterocycles. The van der Waals surface area contributed by atoms with Crippen LogP contribution in [-0.4, -0.2) is 4.92 Å². The second-order valence-electron chi connectivity index (χ2n) is 4.14. The number of benzene rings is 2. The summed E-state index contributed by atoms with van der Waals surface area (Å²) in [5.41, 5.74) is -1.59. The summed E-state index contributed by atoms with van der Waals surface area (Å²) in [6.07, 6.45) is -4.58. The fourth-order valence-corrected chi connectivity index (χ4v) is 1.94. The minimum Gasteiger partial charge on any atom is -0.258 e. The van der Waals surface area contributed by atoms with Gasteiger partial charge in [-0.15, -0.1) is 0 Å². The Morgan fingerprint density at radius 1 is 1.10 bits per heavy atom. The van der Waals surface area contributed by atoms with Gasteiger partial charge in [0.25, 0.3) is 5.69 Å². The zero-order valence-corrected chi connectivity index (χ0v) is 10.4. The lowest BCUT2D eigenvalue weighted by molar-refractivity contribution is -0.384. The van der Waals surface area contributed by atoms with Gasteiger partial charge in [0.15, 0.2) is 0 Å². The summed E-state index contributed by atoms with van der Waals surface area (Å²) in [6.45, 7) is 0. The van der Waals surface area contributed by atoms with Crippen molar-refractivity contribution in [1.29, 1.82) is 5.26 Å². The first-order valence-corrected chi connectivity index (χ1v) is 5.69. The van der Waals surface area contributed by atoms with E-state index in [0.29, 0.717) is 0 Å². The second-order valence-corrected chi connectivity index (χ2v) is 4.14. The van der Waals surface area contributed by atoms with Crippen LogP contribution in [0.4, 0.5) is 18.9 Å². The summed E-state index contributed by atoms with van der Waals surface area (Å²) < 4.78 is 39.0. The summed E-state index contributed by atoms with van der Waals surface area (Å²) in [6, 6.07) is 9.66. The molecule has 0 saturated heterocycles. The zero-order valence-electron chi connectivity index (χ0n) is 10.4. The molecule has 0 N–H and O–H groups in total. The van der Waals surface area contributed by atoms with E-state index < -0.39 is 16.7 Å². The van der Waals surface area contributed by atoms with Crippen molar-refractivity contribution in [2.45, 2.75) is 6.18 Å². The number of halogens is 3. The highest BCUT2D eigenvalue weighted by Gasteiger charge is 2.33. The van der Waals surface area contributed by atoms with Gasteiger partial charge in [-0.2, -0.15) is 18.4 Å². The quantitative estimate of drug-likeness (QED) is 0.616. The fourth-order valence-electron chi connectivity index (χ4n) is 1.94. The van der Waals surface area contributed by atoms with Crippen LogP contribution in [0.1, 0.15) is 11.1 Å². The molecule has 2 aromatic carbocycles. The molecule has 0 spiro atoms. The smallest absolute Gasteiger partial charge is 0.258 e. The second kappa shape index (κ2) is 5.25. The Morgan fingerprint density at radius 2 is 1.76 bits per heavy atom. The van der Waals surface area contributed by atoms with Gasteiger partial charge < -0.3 is 0 Å². The number of nitro groups is 1. The molecule has 0 aliphatic rings. The van der Waals surface area contributed by atoms with Crippen LogP contribution < -0.4 is 0 Å². The molecule has 0 heterocycles. The van der Waals surface area contributed by atoms with Gasteiger partial charge in [-0.05, 0) is 17.7 Å². The van der Waals surface area contributed by atoms with Crippen LogP contribution in [-0.2, 0) is 6.18 Å². The van der Waals surface area contributed by atoms with Gasteiger partial charge in [0.05, 0.1) is 16.1 Å². The lowest BCUT2D eigenvalue weighted by atomic mass is 9.95. The molecule has 0 radical (unpaired) electrons. The molecule has 2 rings (SSSR count). The molecule has 0 aliphatic heterocycles. The Kier molecular flexibility index (Phi) is 3.63. The van der Waals surface area contributed by atoms with E-state index in [2.05, 4.69) is 0 Å². The molecule has 106 valence electrons. The molecule has 7 heteroatoms. The number of alkyl halides is 3. The van der Waals surface area contributed by atoms with Crippen LogP contribution in [0.3, 0.4) is 0 Å². The number of hydrogen-bond donors (Lipinski definition) is 0. The van der Waals surface area contributed by atoms with Gasteiger partial charge >= 0.3 is 6.18 Å². The lowest BCUT2D eigenvalue weighted by Gasteiger charge is -2.13. The highest BCUT2D eigenvalue weighted by molar-refractivity contribution is 5.75. The third-order valence-corrected chi connectivity index (χ3v) is 2.86. The average molecular weight is 292 g/mol. The minimum absolute atomic E-state index is 0.0102. The minimum atomic E-state index is -4.58. The number of hydrogen-bond acceptors (Lipinski definition) is 3. The third kappa shape index (κ3) is 2.84. The van der Waals surface area contributed by atoms with Crippen LogP contribution in [0.15, 0.2) is 42.5 Å². The van der Waals surface area contributed by atoms with Crippen molar-refractivity contribution in [2.75, 3.05) is 0 Å². The van der Waals surface area contributed by atoms with E-state index in [-0.39, 0.29) is 22.4 Å². The molecule has 21 heavy (non-hydrogen) atoms. The van der Waals surface area contributed by atoms with Crippen LogP contribution in [0.5, 0.6) is 0 Å². The van der Waals surface area contributed by atoms with Crippen molar-refractivity contribution in [1.82, 2.24) is 0 Å². The predicted molar refractivity (Wildman–Crippen MR) is 68.2 cm³/mol. The maximum atomic E-state index is 13.0. The van der Waals surface area contributed by atoms with E-state index in [1.807, 2.05) is 0 Å². The highest BCUT2D eigenvalue weighted by Crippen LogP contribution is 2.38. The van der Waals surface area contributed by atoms with Crippen molar-refractivity contribution >= 4 is 5.69 Å². The van der Waals surface area contributed by atoms with E-state index in [0.717, 1.165) is 24.3 Å². The lowest BCUT2D eigenvalue weighted by Crippen LogP contribution is -2.07. The monoisotopic (exact) mass is 292 g/mol. The van der Waals surface area contributed by atoms with E-state index in [9.17, 15) is 23.3 Å². The molecule has 0 bridgehead atoms. The number of nitrogens with zero attached hydrogens (tertiary/aromatic N) is 2. The summed E-state index contributed by atoms with van der Waals surface area (Å²) in [5, 5.41) is 19.7. The molecule has 0 amide bonds. The SMILES string of the molecule is N#Cc1cc([N+](=O)[O-])ccc1-c1ccccc1C(F)(F)F. The Labute approximate surface area is 117 Å². The average Bonchev–Trinajstić information content (AvgIpc) is 2.45. The number of nitro benzene ring substituents is 1. The highest BCUT2D eigenvalue weighted by atomic mass is 19.4. The van der Waals surface area contributed by atoms with Gasteiger partial charge in [0.2, 0.25) is 0 Å². The van der Waals surface area contributed by atoms with E-state index in [4.69, 9.17) is 5.26 Å². The summed E-state index contributed by atoms with van der Waals surface area (Å²) >= 11 is 0. The normalized spacial score (nSPS) is 11.0. The van der Waals surface area contributed by atoms with Crippen molar-refractivity contribution < 1.29 is 18.1 Å². The van der Waals surface area contributed by atoms with Gasteiger partial charge in [-0.3, -0.25) is 10.1 Å². The maximum Gasteiger partial charge on any atom is 0.417 e. The van der Waals surface area contributed by atoms with Crippen LogP contribution in [0.25, 0.3) is 11.1 Å². The van der Waals surface area contributed by atoms with Gasteiger partial charge in [0, 0.05) is 17.7 Å². The predicted octanol–water partition coefficient (Wildman–Crippen LogP) is 4.15. The Bertz CT molecular complexity index is 749. The molecule has 0 aliphatic carbocycles. The van der Waals surface area contributed by atoms with Gasteiger partial charge in [0.1, 0.15) is 6.07 Å². The van der Waals surface area contributed by atoms with E-state index in [1.54, 1.807) is 6.07 Å². The topological polar surface area (TPSA) is 66.9 Å². The molecule has 0 unspecified atom stereocenters. The van der Waals surface area contributed by atoms with Crippen molar-refractivity contribution in [3.63, 3.8) is 0 Å². The summed E-state index contributed by atoms with van der Waals surface area (Å²) in [5.74, 6) is 0. The number of nitriles is 1. The maximum absolute atomic E-state index is 13.0. The van der Waals surface area contributed by atoms with Gasteiger partial charge in [-0.1, -0.05) is 18.2 Å². The Hall–Kier alpha value is -2.88. The molecule has 0 fully saturated rings. The van der Waals surface area contributed by atoms with Crippen molar-refractivity contribution in [2.24, 2.45) is 0 Å². The van der Waals surface area contributed by atoms with Gasteiger partial charge in [-0.25, -0.2) is 0 Å². The van der Waals surface area contributed by atoms with Crippen LogP contribution in [0.2, 0.25) is 0 Å². The van der Waals surface area contributed by atoms with E-state index in [1.165, 1.54) is 18.2 Å². The van der Waals surface area contributed by atoms with Crippen LogP contribution in [0, 0.1) is 21.4 Å². The van der Waals surface area contributed by atoms with Crippen molar-refractivity contribution in [3.8, 4) is 17.2 Å². The zero-order chi connectivity index (χ0) is 15.6. The standard InChI is InChI=1S/C14H7F3N2O2/c15-14(16,17)13-4-2-1-3-12(13)11-6-5-10(19(20)21)7-9(11)8-18/h1-7H.